The third-order valence-electron chi connectivity index (χ3n) is 8.97. The number of aliphatic hydroxyl groups is 1. The van der Waals surface area contributed by atoms with Gasteiger partial charge in [0, 0.05) is 56.0 Å². The predicted molar refractivity (Wildman–Crippen MR) is 145 cm³/mol. The maximum atomic E-state index is 14.1. The second-order valence-corrected chi connectivity index (χ2v) is 11.3. The molecule has 2 aromatic heterocycles. The van der Waals surface area contributed by atoms with Crippen molar-refractivity contribution in [3.63, 3.8) is 0 Å². The lowest BCUT2D eigenvalue weighted by Gasteiger charge is -2.34. The number of aliphatic hydroxyl groups excluding tert-OH is 1. The number of piperazine rings is 1. The first-order chi connectivity index (χ1) is 17.5. The van der Waals surface area contributed by atoms with Crippen LogP contribution in [0.15, 0.2) is 29.2 Å². The molecule has 0 radical (unpaired) electrons. The number of nitrogens with one attached hydrogen (secondary N) is 1. The Balaban J connectivity index is 1.45. The SMILES string of the molecule is CCC1(CNc2ncc3c4ccc(N5CCN(C)CC5)cc4c(=O)n([C@H]4CC[C@H](O)CC4)c3n2)CC1. The molecule has 3 fully saturated rings. The number of hydrogen-bond acceptors (Lipinski definition) is 7. The standard InChI is InChI=1S/C28H38N6O2/c1-3-28(10-11-28)18-30-27-29-17-24-22-9-6-20(33-14-12-32(2)13-15-33)16-23(22)26(36)34(25(24)31-27)19-4-7-21(35)8-5-19/h6,9,16-17,19,21,35H,3-5,7-8,10-15,18H2,1-2H3,(H,29,30,31)/t19-,21-. The van der Waals surface area contributed by atoms with Gasteiger partial charge >= 0.3 is 0 Å². The molecule has 0 amide bonds. The molecule has 0 spiro atoms. The third-order valence-corrected chi connectivity index (χ3v) is 8.97. The number of hydrogen-bond donors (Lipinski definition) is 2. The van der Waals surface area contributed by atoms with Gasteiger partial charge in [-0.3, -0.25) is 9.36 Å². The fourth-order valence-electron chi connectivity index (χ4n) is 6.02. The van der Waals surface area contributed by atoms with Crippen LogP contribution in [-0.2, 0) is 0 Å². The second-order valence-electron chi connectivity index (χ2n) is 11.3. The van der Waals surface area contributed by atoms with E-state index in [1.54, 1.807) is 0 Å². The van der Waals surface area contributed by atoms with Crippen molar-refractivity contribution >= 4 is 33.4 Å². The van der Waals surface area contributed by atoms with Gasteiger partial charge in [0.2, 0.25) is 5.95 Å². The van der Waals surface area contributed by atoms with Crippen molar-refractivity contribution in [1.82, 2.24) is 19.4 Å². The Morgan fingerprint density at radius 2 is 1.81 bits per heavy atom. The summed E-state index contributed by atoms with van der Waals surface area (Å²) in [6, 6.07) is 6.32. The summed E-state index contributed by atoms with van der Waals surface area (Å²) < 4.78 is 1.91. The van der Waals surface area contributed by atoms with E-state index in [4.69, 9.17) is 4.98 Å². The van der Waals surface area contributed by atoms with Crippen molar-refractivity contribution in [2.45, 2.75) is 64.0 Å². The second kappa shape index (κ2) is 9.30. The summed E-state index contributed by atoms with van der Waals surface area (Å²) in [6.07, 6.45) is 8.27. The number of anilines is 2. The van der Waals surface area contributed by atoms with Crippen molar-refractivity contribution < 1.29 is 5.11 Å². The number of likely N-dealkylation sites (N-methyl/N-ethyl adjacent to an activating group) is 1. The molecular weight excluding hydrogens is 452 g/mol. The van der Waals surface area contributed by atoms with Crippen LogP contribution in [0.5, 0.6) is 0 Å². The van der Waals surface area contributed by atoms with Crippen molar-refractivity contribution in [1.29, 1.82) is 0 Å². The number of pyridine rings is 1. The molecule has 0 atom stereocenters. The van der Waals surface area contributed by atoms with Crippen LogP contribution < -0.4 is 15.8 Å². The van der Waals surface area contributed by atoms with E-state index in [9.17, 15) is 9.90 Å². The highest BCUT2D eigenvalue weighted by Gasteiger charge is 2.40. The van der Waals surface area contributed by atoms with Crippen LogP contribution in [0.2, 0.25) is 0 Å². The molecule has 8 nitrogen and oxygen atoms in total. The van der Waals surface area contributed by atoms with E-state index in [0.29, 0.717) is 29.9 Å². The average molecular weight is 491 g/mol. The molecule has 6 rings (SSSR count). The fourth-order valence-corrected chi connectivity index (χ4v) is 6.02. The lowest BCUT2D eigenvalue weighted by molar-refractivity contribution is 0.111. The average Bonchev–Trinajstić information content (AvgIpc) is 3.69. The molecule has 8 heteroatoms. The van der Waals surface area contributed by atoms with Gasteiger partial charge in [0.25, 0.3) is 5.56 Å². The van der Waals surface area contributed by atoms with E-state index in [0.717, 1.165) is 73.8 Å². The smallest absolute Gasteiger partial charge is 0.260 e. The number of benzene rings is 1. The topological polar surface area (TPSA) is 86.5 Å². The third kappa shape index (κ3) is 4.34. The van der Waals surface area contributed by atoms with Gasteiger partial charge in [0.1, 0.15) is 5.65 Å². The van der Waals surface area contributed by atoms with Crippen LogP contribution in [0.1, 0.15) is 57.9 Å². The van der Waals surface area contributed by atoms with E-state index < -0.39 is 0 Å². The quantitative estimate of drug-likeness (QED) is 0.509. The van der Waals surface area contributed by atoms with Crippen molar-refractivity contribution in [2.24, 2.45) is 5.41 Å². The molecule has 2 N–H and O–H groups in total. The Labute approximate surface area is 212 Å². The zero-order valence-corrected chi connectivity index (χ0v) is 21.5. The Kier molecular flexibility index (Phi) is 6.12. The van der Waals surface area contributed by atoms with Gasteiger partial charge in [-0.2, -0.15) is 4.98 Å². The molecule has 36 heavy (non-hydrogen) atoms. The lowest BCUT2D eigenvalue weighted by atomic mass is 9.92. The van der Waals surface area contributed by atoms with Crippen LogP contribution >= 0.6 is 0 Å². The summed E-state index contributed by atoms with van der Waals surface area (Å²) in [7, 11) is 2.15. The maximum absolute atomic E-state index is 14.1. The van der Waals surface area contributed by atoms with E-state index >= 15 is 0 Å². The van der Waals surface area contributed by atoms with Crippen molar-refractivity contribution in [3.8, 4) is 0 Å². The molecule has 3 aliphatic rings. The molecule has 0 unspecified atom stereocenters. The van der Waals surface area contributed by atoms with E-state index in [-0.39, 0.29) is 17.7 Å². The molecule has 1 aromatic carbocycles. The summed E-state index contributed by atoms with van der Waals surface area (Å²) in [6.45, 7) is 7.08. The Bertz CT molecular complexity index is 1320. The summed E-state index contributed by atoms with van der Waals surface area (Å²) >= 11 is 0. The molecule has 1 saturated heterocycles. The monoisotopic (exact) mass is 490 g/mol. The number of aromatic nitrogens is 3. The lowest BCUT2D eigenvalue weighted by Crippen LogP contribution is -2.44. The first kappa shape index (κ1) is 23.7. The summed E-state index contributed by atoms with van der Waals surface area (Å²) in [5.41, 5.74) is 2.21. The number of nitrogens with zero attached hydrogens (tertiary/aromatic N) is 5. The van der Waals surface area contributed by atoms with E-state index in [2.05, 4.69) is 52.3 Å². The van der Waals surface area contributed by atoms with Gasteiger partial charge in [0.05, 0.1) is 11.5 Å². The molecule has 192 valence electrons. The van der Waals surface area contributed by atoms with E-state index in [1.807, 2.05) is 10.8 Å². The minimum absolute atomic E-state index is 0.0201. The zero-order chi connectivity index (χ0) is 24.9. The molecule has 2 aliphatic carbocycles. The molecule has 1 aliphatic heterocycles. The minimum Gasteiger partial charge on any atom is -0.393 e. The van der Waals surface area contributed by atoms with Gasteiger partial charge in [-0.25, -0.2) is 4.98 Å². The molecule has 3 aromatic rings. The van der Waals surface area contributed by atoms with Gasteiger partial charge in [-0.15, -0.1) is 0 Å². The highest BCUT2D eigenvalue weighted by atomic mass is 16.3. The van der Waals surface area contributed by atoms with Crippen LogP contribution in [0.4, 0.5) is 11.6 Å². The zero-order valence-electron chi connectivity index (χ0n) is 21.5. The van der Waals surface area contributed by atoms with Gasteiger partial charge in [-0.05, 0) is 74.9 Å². The van der Waals surface area contributed by atoms with Gasteiger partial charge in [0.15, 0.2) is 0 Å². The fraction of sp³-hybridized carbons (Fsp3) is 0.607. The summed E-state index contributed by atoms with van der Waals surface area (Å²) in [5.74, 6) is 0.597. The first-order valence-electron chi connectivity index (χ1n) is 13.7. The Morgan fingerprint density at radius 1 is 1.06 bits per heavy atom. The van der Waals surface area contributed by atoms with Crippen LogP contribution in [0.25, 0.3) is 21.8 Å². The molecule has 0 bridgehead atoms. The molecule has 3 heterocycles. The molecule has 2 saturated carbocycles. The minimum atomic E-state index is -0.275. The summed E-state index contributed by atoms with van der Waals surface area (Å²) in [4.78, 5) is 28.4. The van der Waals surface area contributed by atoms with Crippen molar-refractivity contribution in [3.05, 3.63) is 34.7 Å². The van der Waals surface area contributed by atoms with E-state index in [1.165, 1.54) is 12.8 Å². The maximum Gasteiger partial charge on any atom is 0.260 e. The Morgan fingerprint density at radius 3 is 2.50 bits per heavy atom. The predicted octanol–water partition coefficient (Wildman–Crippen LogP) is 3.77. The highest BCUT2D eigenvalue weighted by Crippen LogP contribution is 2.48. The Hall–Kier alpha value is -2.71. The normalized spacial score (nSPS) is 24.4. The van der Waals surface area contributed by atoms with Gasteiger partial charge in [-0.1, -0.05) is 13.0 Å². The number of fused-ring (bicyclic) bond motifs is 3. The largest absolute Gasteiger partial charge is 0.393 e. The molecular formula is C28H38N6O2. The van der Waals surface area contributed by atoms with Crippen molar-refractivity contribution in [2.75, 3.05) is 50.0 Å². The number of rotatable bonds is 6. The highest BCUT2D eigenvalue weighted by molar-refractivity contribution is 6.05. The van der Waals surface area contributed by atoms with Gasteiger partial charge < -0.3 is 20.2 Å². The van der Waals surface area contributed by atoms with Crippen LogP contribution in [-0.4, -0.2) is 70.4 Å². The van der Waals surface area contributed by atoms with Crippen LogP contribution in [0.3, 0.4) is 0 Å². The first-order valence-corrected chi connectivity index (χ1v) is 13.7. The summed E-state index contributed by atoms with van der Waals surface area (Å²) in [5, 5.41) is 16.1. The van der Waals surface area contributed by atoms with Crippen LogP contribution in [0, 0.1) is 5.41 Å².